The minimum atomic E-state index is -0.996. The normalized spacial score (nSPS) is 16.1. The summed E-state index contributed by atoms with van der Waals surface area (Å²) in [6, 6.07) is 10.4. The first kappa shape index (κ1) is 15.2. The van der Waals surface area contributed by atoms with E-state index in [0.29, 0.717) is 22.3 Å². The van der Waals surface area contributed by atoms with Crippen molar-refractivity contribution in [3.63, 3.8) is 0 Å². The van der Waals surface area contributed by atoms with Crippen LogP contribution in [0.5, 0.6) is 0 Å². The van der Waals surface area contributed by atoms with Gasteiger partial charge < -0.3 is 9.73 Å². The summed E-state index contributed by atoms with van der Waals surface area (Å²) in [4.78, 5) is 12.4. The summed E-state index contributed by atoms with van der Waals surface area (Å²) in [6.45, 7) is 0. The summed E-state index contributed by atoms with van der Waals surface area (Å²) in [6.07, 6.45) is 1.43. The van der Waals surface area contributed by atoms with Crippen LogP contribution in [0.1, 0.15) is 21.8 Å². The Kier molecular flexibility index (Phi) is 3.74. The van der Waals surface area contributed by atoms with Crippen molar-refractivity contribution in [1.29, 1.82) is 0 Å². The molecular weight excluding hydrogens is 350 g/mol. The second-order valence-corrected chi connectivity index (χ2v) is 7.22. The van der Waals surface area contributed by atoms with Crippen molar-refractivity contribution in [2.75, 3.05) is 5.32 Å². The van der Waals surface area contributed by atoms with Crippen molar-refractivity contribution in [3.05, 3.63) is 64.7 Å². The van der Waals surface area contributed by atoms with E-state index in [9.17, 15) is 9.00 Å². The van der Waals surface area contributed by atoms with Crippen molar-refractivity contribution in [2.24, 2.45) is 0 Å². The summed E-state index contributed by atoms with van der Waals surface area (Å²) >= 11 is 6.06. The highest BCUT2D eigenvalue weighted by molar-refractivity contribution is 7.83. The molecule has 6 nitrogen and oxygen atoms in total. The number of benzene rings is 1. The number of carbonyl (C=O) groups excluding carboxylic acids is 1. The van der Waals surface area contributed by atoms with Gasteiger partial charge in [-0.05, 0) is 30.3 Å². The Morgan fingerprint density at radius 1 is 1.29 bits per heavy atom. The molecule has 24 heavy (non-hydrogen) atoms. The van der Waals surface area contributed by atoms with E-state index in [4.69, 9.17) is 16.0 Å². The third kappa shape index (κ3) is 2.65. The Bertz CT molecular complexity index is 950. The summed E-state index contributed by atoms with van der Waals surface area (Å²) in [5.74, 6) is 1.06. The number of nitrogens with zero attached hydrogens (tertiary/aromatic N) is 2. The third-order valence-corrected chi connectivity index (χ3v) is 5.14. The average Bonchev–Trinajstić information content (AvgIpc) is 3.25. The van der Waals surface area contributed by atoms with Crippen molar-refractivity contribution in [3.8, 4) is 5.69 Å². The van der Waals surface area contributed by atoms with E-state index >= 15 is 0 Å². The maximum atomic E-state index is 12.4. The topological polar surface area (TPSA) is 77.1 Å². The third-order valence-electron chi connectivity index (χ3n) is 3.70. The standard InChI is InChI=1S/C16H12ClN3O3S/c17-10-3-1-4-11(7-10)20-15(12-8-24(22)9-13(12)19-20)18-16(21)14-5-2-6-23-14/h1-7H,8-9H2,(H,18,21). The zero-order chi connectivity index (χ0) is 16.7. The maximum absolute atomic E-state index is 12.4. The number of aromatic nitrogens is 2. The number of hydrogen-bond acceptors (Lipinski definition) is 4. The van der Waals surface area contributed by atoms with Crippen molar-refractivity contribution in [2.45, 2.75) is 11.5 Å². The van der Waals surface area contributed by atoms with E-state index in [0.717, 1.165) is 16.9 Å². The number of rotatable bonds is 3. The molecule has 1 amide bonds. The zero-order valence-corrected chi connectivity index (χ0v) is 13.9. The molecule has 3 aromatic rings. The molecule has 8 heteroatoms. The van der Waals surface area contributed by atoms with Crippen LogP contribution in [0.3, 0.4) is 0 Å². The molecule has 0 aliphatic carbocycles. The van der Waals surface area contributed by atoms with E-state index in [-0.39, 0.29) is 11.7 Å². The van der Waals surface area contributed by atoms with E-state index in [2.05, 4.69) is 10.4 Å². The minimum Gasteiger partial charge on any atom is -0.459 e. The molecule has 0 saturated carbocycles. The van der Waals surface area contributed by atoms with E-state index in [1.54, 1.807) is 35.0 Å². The van der Waals surface area contributed by atoms with Crippen molar-refractivity contribution < 1.29 is 13.4 Å². The molecule has 1 aliphatic heterocycles. The van der Waals surface area contributed by atoms with Crippen LogP contribution in [0.4, 0.5) is 5.82 Å². The molecule has 1 unspecified atom stereocenters. The number of hydrogen-bond donors (Lipinski definition) is 1. The fourth-order valence-electron chi connectivity index (χ4n) is 2.63. The van der Waals surface area contributed by atoms with Gasteiger partial charge >= 0.3 is 0 Å². The van der Waals surface area contributed by atoms with Gasteiger partial charge in [-0.25, -0.2) is 4.68 Å². The Hall–Kier alpha value is -2.38. The van der Waals surface area contributed by atoms with Crippen LogP contribution in [0.25, 0.3) is 5.69 Å². The Balaban J connectivity index is 1.79. The van der Waals surface area contributed by atoms with Gasteiger partial charge in [0.05, 0.1) is 29.2 Å². The SMILES string of the molecule is O=C(Nc1c2c(nn1-c1cccc(Cl)c1)CS(=O)C2)c1ccco1. The van der Waals surface area contributed by atoms with Gasteiger partial charge in [0.25, 0.3) is 5.91 Å². The highest BCUT2D eigenvalue weighted by Gasteiger charge is 2.28. The van der Waals surface area contributed by atoms with Gasteiger partial charge in [-0.2, -0.15) is 5.10 Å². The smallest absolute Gasteiger partial charge is 0.292 e. The molecular formula is C16H12ClN3O3S. The number of halogens is 1. The molecule has 122 valence electrons. The number of fused-ring (bicyclic) bond motifs is 1. The van der Waals surface area contributed by atoms with Gasteiger partial charge in [-0.15, -0.1) is 0 Å². The average molecular weight is 362 g/mol. The molecule has 4 rings (SSSR count). The fraction of sp³-hybridized carbons (Fsp3) is 0.125. The second kappa shape index (κ2) is 5.92. The van der Waals surface area contributed by atoms with Gasteiger partial charge in [0.2, 0.25) is 0 Å². The predicted octanol–water partition coefficient (Wildman–Crippen LogP) is 3.13. The summed E-state index contributed by atoms with van der Waals surface area (Å²) in [5, 5.41) is 7.89. The molecule has 1 aliphatic rings. The van der Waals surface area contributed by atoms with Crippen LogP contribution < -0.4 is 5.32 Å². The number of carbonyl (C=O) groups is 1. The highest BCUT2D eigenvalue weighted by Crippen LogP contribution is 2.32. The predicted molar refractivity (Wildman–Crippen MR) is 90.8 cm³/mol. The van der Waals surface area contributed by atoms with Crippen molar-refractivity contribution in [1.82, 2.24) is 9.78 Å². The quantitative estimate of drug-likeness (QED) is 0.777. The van der Waals surface area contributed by atoms with Crippen LogP contribution in [0.2, 0.25) is 5.02 Å². The molecule has 0 radical (unpaired) electrons. The first-order valence-corrected chi connectivity index (χ1v) is 9.05. The van der Waals surface area contributed by atoms with Gasteiger partial charge in [0.15, 0.2) is 5.76 Å². The first-order chi connectivity index (χ1) is 11.6. The Morgan fingerprint density at radius 3 is 2.92 bits per heavy atom. The molecule has 0 spiro atoms. The van der Waals surface area contributed by atoms with Crippen LogP contribution in [-0.2, 0) is 22.3 Å². The first-order valence-electron chi connectivity index (χ1n) is 7.18. The van der Waals surface area contributed by atoms with E-state index < -0.39 is 10.8 Å². The second-order valence-electron chi connectivity index (χ2n) is 5.33. The number of furan rings is 1. The van der Waals surface area contributed by atoms with Crippen LogP contribution >= 0.6 is 11.6 Å². The maximum Gasteiger partial charge on any atom is 0.292 e. The zero-order valence-electron chi connectivity index (χ0n) is 12.4. The van der Waals surface area contributed by atoms with E-state index in [1.807, 2.05) is 6.07 Å². The lowest BCUT2D eigenvalue weighted by Gasteiger charge is -2.10. The number of amides is 1. The van der Waals surface area contributed by atoms with Crippen LogP contribution in [0, 0.1) is 0 Å². The highest BCUT2D eigenvalue weighted by atomic mass is 35.5. The Labute approximate surface area is 144 Å². The minimum absolute atomic E-state index is 0.196. The molecule has 0 bridgehead atoms. The Morgan fingerprint density at radius 2 is 2.17 bits per heavy atom. The number of nitrogens with one attached hydrogen (secondary N) is 1. The summed E-state index contributed by atoms with van der Waals surface area (Å²) in [7, 11) is -0.996. The van der Waals surface area contributed by atoms with Gasteiger partial charge in [-0.1, -0.05) is 17.7 Å². The van der Waals surface area contributed by atoms with Crippen LogP contribution in [0.15, 0.2) is 47.1 Å². The van der Waals surface area contributed by atoms with Crippen molar-refractivity contribution >= 4 is 34.1 Å². The number of anilines is 1. The molecule has 1 atom stereocenters. The fourth-order valence-corrected chi connectivity index (χ4v) is 4.08. The molecule has 0 saturated heterocycles. The van der Waals surface area contributed by atoms with E-state index in [1.165, 1.54) is 6.26 Å². The molecule has 0 fully saturated rings. The van der Waals surface area contributed by atoms with Crippen LogP contribution in [-0.4, -0.2) is 19.9 Å². The molecule has 1 N–H and O–H groups in total. The molecule has 2 aromatic heterocycles. The lowest BCUT2D eigenvalue weighted by atomic mass is 10.2. The lowest BCUT2D eigenvalue weighted by Crippen LogP contribution is -2.16. The van der Waals surface area contributed by atoms with Gasteiger partial charge in [0, 0.05) is 21.4 Å². The monoisotopic (exact) mass is 361 g/mol. The van der Waals surface area contributed by atoms with Gasteiger partial charge in [-0.3, -0.25) is 9.00 Å². The molecule has 1 aromatic carbocycles. The molecule has 3 heterocycles. The largest absolute Gasteiger partial charge is 0.459 e. The van der Waals surface area contributed by atoms with Gasteiger partial charge in [0.1, 0.15) is 5.82 Å². The summed E-state index contributed by atoms with van der Waals surface area (Å²) < 4.78 is 18.6. The lowest BCUT2D eigenvalue weighted by molar-refractivity contribution is 0.0996. The summed E-state index contributed by atoms with van der Waals surface area (Å²) in [5.41, 5.74) is 2.23.